The fraction of sp³-hybridized carbons (Fsp3) is 0.350. The molecule has 1 aliphatic heterocycles. The standard InChI is InChI=1S/C20H22N4O5/c1-26-15-10-14-17(19(28-3)18(15)27-2)22-12-24(20(14)25)13-4-5-16(21-11-13)23-6-8-29-9-7-23/h4-5,10-12H,6-9H2,1-3H3. The summed E-state index contributed by atoms with van der Waals surface area (Å²) in [6.07, 6.45) is 3.13. The Morgan fingerprint density at radius 1 is 1.00 bits per heavy atom. The molecule has 29 heavy (non-hydrogen) atoms. The number of pyridine rings is 1. The lowest BCUT2D eigenvalue weighted by Crippen LogP contribution is -2.36. The van der Waals surface area contributed by atoms with Crippen molar-refractivity contribution in [2.75, 3.05) is 52.5 Å². The maximum Gasteiger partial charge on any atom is 0.266 e. The average molecular weight is 398 g/mol. The van der Waals surface area contributed by atoms with Crippen LogP contribution in [0.5, 0.6) is 17.2 Å². The lowest BCUT2D eigenvalue weighted by Gasteiger charge is -2.27. The molecule has 4 rings (SSSR count). The highest BCUT2D eigenvalue weighted by molar-refractivity contribution is 5.89. The van der Waals surface area contributed by atoms with Crippen molar-refractivity contribution in [1.29, 1.82) is 0 Å². The van der Waals surface area contributed by atoms with Gasteiger partial charge in [0.05, 0.1) is 51.8 Å². The van der Waals surface area contributed by atoms with Crippen molar-refractivity contribution < 1.29 is 18.9 Å². The number of methoxy groups -OCH3 is 3. The van der Waals surface area contributed by atoms with Crippen LogP contribution >= 0.6 is 0 Å². The smallest absolute Gasteiger partial charge is 0.266 e. The van der Waals surface area contributed by atoms with Crippen LogP contribution in [0.2, 0.25) is 0 Å². The number of fused-ring (bicyclic) bond motifs is 1. The Hall–Kier alpha value is -3.33. The van der Waals surface area contributed by atoms with E-state index < -0.39 is 0 Å². The molecule has 0 aliphatic carbocycles. The number of nitrogens with zero attached hydrogens (tertiary/aromatic N) is 4. The summed E-state index contributed by atoms with van der Waals surface area (Å²) in [6.45, 7) is 2.96. The van der Waals surface area contributed by atoms with Gasteiger partial charge in [0, 0.05) is 13.1 Å². The second-order valence-corrected chi connectivity index (χ2v) is 6.44. The molecule has 152 valence electrons. The van der Waals surface area contributed by atoms with Gasteiger partial charge < -0.3 is 23.8 Å². The summed E-state index contributed by atoms with van der Waals surface area (Å²) in [6, 6.07) is 5.36. The first-order valence-electron chi connectivity index (χ1n) is 9.17. The maximum absolute atomic E-state index is 13.2. The highest BCUT2D eigenvalue weighted by atomic mass is 16.5. The summed E-state index contributed by atoms with van der Waals surface area (Å²) in [7, 11) is 4.51. The number of aromatic nitrogens is 3. The molecule has 0 radical (unpaired) electrons. The molecular formula is C20H22N4O5. The fourth-order valence-electron chi connectivity index (χ4n) is 3.41. The molecule has 2 aromatic heterocycles. The molecule has 1 aromatic carbocycles. The lowest BCUT2D eigenvalue weighted by atomic mass is 10.2. The summed E-state index contributed by atoms with van der Waals surface area (Å²) in [5.41, 5.74) is 0.773. The summed E-state index contributed by atoms with van der Waals surface area (Å²) in [4.78, 5) is 24.3. The van der Waals surface area contributed by atoms with Crippen LogP contribution in [-0.2, 0) is 4.74 Å². The van der Waals surface area contributed by atoms with Gasteiger partial charge in [0.25, 0.3) is 5.56 Å². The van der Waals surface area contributed by atoms with Crippen LogP contribution in [0.4, 0.5) is 5.82 Å². The van der Waals surface area contributed by atoms with E-state index in [1.165, 1.54) is 32.2 Å². The van der Waals surface area contributed by atoms with E-state index in [2.05, 4.69) is 14.9 Å². The third-order valence-electron chi connectivity index (χ3n) is 4.90. The zero-order chi connectivity index (χ0) is 20.4. The molecule has 0 atom stereocenters. The van der Waals surface area contributed by atoms with Crippen LogP contribution in [-0.4, -0.2) is 62.2 Å². The van der Waals surface area contributed by atoms with Gasteiger partial charge in [-0.1, -0.05) is 0 Å². The average Bonchev–Trinajstić information content (AvgIpc) is 2.79. The van der Waals surface area contributed by atoms with Gasteiger partial charge in [-0.15, -0.1) is 0 Å². The molecule has 0 N–H and O–H groups in total. The van der Waals surface area contributed by atoms with Gasteiger partial charge in [-0.3, -0.25) is 9.36 Å². The predicted octanol–water partition coefficient (Wildman–Crippen LogP) is 1.64. The van der Waals surface area contributed by atoms with Crippen molar-refractivity contribution in [3.8, 4) is 22.9 Å². The first-order valence-corrected chi connectivity index (χ1v) is 9.17. The molecule has 1 aliphatic rings. The molecule has 3 heterocycles. The highest BCUT2D eigenvalue weighted by Gasteiger charge is 2.20. The van der Waals surface area contributed by atoms with Crippen LogP contribution in [0.25, 0.3) is 16.6 Å². The van der Waals surface area contributed by atoms with Gasteiger partial charge in [-0.2, -0.15) is 0 Å². The number of anilines is 1. The Morgan fingerprint density at radius 2 is 1.76 bits per heavy atom. The van der Waals surface area contributed by atoms with Crippen molar-refractivity contribution in [3.05, 3.63) is 41.1 Å². The van der Waals surface area contributed by atoms with Crippen molar-refractivity contribution in [2.24, 2.45) is 0 Å². The molecule has 0 amide bonds. The number of rotatable bonds is 5. The number of ether oxygens (including phenoxy) is 4. The molecule has 9 heteroatoms. The quantitative estimate of drug-likeness (QED) is 0.641. The second kappa shape index (κ2) is 7.96. The number of benzene rings is 1. The summed E-state index contributed by atoms with van der Waals surface area (Å²) in [5, 5.41) is 0.360. The minimum Gasteiger partial charge on any atom is -0.493 e. The van der Waals surface area contributed by atoms with E-state index in [-0.39, 0.29) is 5.56 Å². The number of hydrogen-bond donors (Lipinski definition) is 0. The molecule has 1 fully saturated rings. The molecular weight excluding hydrogens is 376 g/mol. The number of hydrogen-bond acceptors (Lipinski definition) is 8. The first kappa shape index (κ1) is 19.0. The van der Waals surface area contributed by atoms with Crippen molar-refractivity contribution in [2.45, 2.75) is 0 Å². The van der Waals surface area contributed by atoms with Crippen molar-refractivity contribution in [3.63, 3.8) is 0 Å². The third kappa shape index (κ3) is 3.33. The summed E-state index contributed by atoms with van der Waals surface area (Å²) in [5.74, 6) is 2.00. The fourth-order valence-corrected chi connectivity index (χ4v) is 3.41. The van der Waals surface area contributed by atoms with E-state index in [1.54, 1.807) is 12.3 Å². The van der Waals surface area contributed by atoms with Crippen molar-refractivity contribution in [1.82, 2.24) is 14.5 Å². The van der Waals surface area contributed by atoms with Crippen LogP contribution < -0.4 is 24.7 Å². The lowest BCUT2D eigenvalue weighted by molar-refractivity contribution is 0.122. The van der Waals surface area contributed by atoms with Gasteiger partial charge in [-0.05, 0) is 18.2 Å². The van der Waals surface area contributed by atoms with Gasteiger partial charge in [0.15, 0.2) is 11.5 Å². The minimum absolute atomic E-state index is 0.254. The molecule has 0 bridgehead atoms. The summed E-state index contributed by atoms with van der Waals surface area (Å²) >= 11 is 0. The molecule has 0 spiro atoms. The van der Waals surface area contributed by atoms with E-state index in [1.807, 2.05) is 12.1 Å². The summed E-state index contributed by atoms with van der Waals surface area (Å²) < 4.78 is 23.0. The Kier molecular flexibility index (Phi) is 5.22. The van der Waals surface area contributed by atoms with E-state index in [0.717, 1.165) is 18.9 Å². The van der Waals surface area contributed by atoms with Crippen LogP contribution in [0, 0.1) is 0 Å². The van der Waals surface area contributed by atoms with Gasteiger partial charge in [-0.25, -0.2) is 9.97 Å². The third-order valence-corrected chi connectivity index (χ3v) is 4.90. The zero-order valence-electron chi connectivity index (χ0n) is 16.5. The Balaban J connectivity index is 1.78. The van der Waals surface area contributed by atoms with Crippen LogP contribution in [0.3, 0.4) is 0 Å². The Morgan fingerprint density at radius 3 is 2.38 bits per heavy atom. The van der Waals surface area contributed by atoms with Gasteiger partial charge in [0.1, 0.15) is 17.7 Å². The highest BCUT2D eigenvalue weighted by Crippen LogP contribution is 2.41. The van der Waals surface area contributed by atoms with Crippen LogP contribution in [0.1, 0.15) is 0 Å². The van der Waals surface area contributed by atoms with E-state index >= 15 is 0 Å². The Labute approximate surface area is 167 Å². The van der Waals surface area contributed by atoms with Crippen molar-refractivity contribution >= 4 is 16.7 Å². The maximum atomic E-state index is 13.2. The zero-order valence-corrected chi connectivity index (χ0v) is 16.5. The molecule has 0 saturated carbocycles. The SMILES string of the molecule is COc1cc2c(=O)n(-c3ccc(N4CCOCC4)nc3)cnc2c(OC)c1OC. The van der Waals surface area contributed by atoms with E-state index in [0.29, 0.717) is 47.1 Å². The monoisotopic (exact) mass is 398 g/mol. The first-order chi connectivity index (χ1) is 14.2. The predicted molar refractivity (Wildman–Crippen MR) is 108 cm³/mol. The second-order valence-electron chi connectivity index (χ2n) is 6.44. The van der Waals surface area contributed by atoms with E-state index in [4.69, 9.17) is 18.9 Å². The normalized spacial score (nSPS) is 14.1. The largest absolute Gasteiger partial charge is 0.493 e. The molecule has 1 saturated heterocycles. The number of morpholine rings is 1. The topological polar surface area (TPSA) is 87.9 Å². The van der Waals surface area contributed by atoms with E-state index in [9.17, 15) is 4.79 Å². The molecule has 9 nitrogen and oxygen atoms in total. The van der Waals surface area contributed by atoms with Gasteiger partial charge >= 0.3 is 0 Å². The van der Waals surface area contributed by atoms with Crippen LogP contribution in [0.15, 0.2) is 35.5 Å². The Bertz CT molecular complexity index is 1070. The molecule has 0 unspecified atom stereocenters. The van der Waals surface area contributed by atoms with Gasteiger partial charge in [0.2, 0.25) is 5.75 Å². The minimum atomic E-state index is -0.254. The molecule has 3 aromatic rings.